The van der Waals surface area contributed by atoms with Crippen LogP contribution in [0.1, 0.15) is 38.7 Å². The molecule has 0 unspecified atom stereocenters. The van der Waals surface area contributed by atoms with Gasteiger partial charge in [0.2, 0.25) is 0 Å². The molecule has 20 heavy (non-hydrogen) atoms. The minimum atomic E-state index is -3.69. The Morgan fingerprint density at radius 3 is 2.45 bits per heavy atom. The van der Waals surface area contributed by atoms with Gasteiger partial charge in [0.05, 0.1) is 4.90 Å². The molecule has 0 bridgehead atoms. The first-order valence-electron chi connectivity index (χ1n) is 7.09. The maximum absolute atomic E-state index is 12.3. The van der Waals surface area contributed by atoms with E-state index >= 15 is 0 Å². The second-order valence-electron chi connectivity index (χ2n) is 5.60. The van der Waals surface area contributed by atoms with Crippen LogP contribution in [-0.4, -0.2) is 14.0 Å². The van der Waals surface area contributed by atoms with Crippen molar-refractivity contribution in [2.75, 3.05) is 0 Å². The standard InChI is InChI=1S/C16H22O3S/c1-4-5-6-11-16(12-14(16)3)19-20(17,18)15-9-7-13(2)8-10-15/h6-11,14H,4-5,12H2,1-3H3/b11-6+/t14-,16+/m0/s1. The summed E-state index contributed by atoms with van der Waals surface area (Å²) in [6.45, 7) is 6.04. The second kappa shape index (κ2) is 5.70. The van der Waals surface area contributed by atoms with E-state index in [0.29, 0.717) is 0 Å². The van der Waals surface area contributed by atoms with Crippen LogP contribution >= 0.6 is 0 Å². The number of allylic oxidation sites excluding steroid dienone is 1. The molecule has 0 spiro atoms. The van der Waals surface area contributed by atoms with E-state index in [1.807, 2.05) is 26.0 Å². The minimum Gasteiger partial charge on any atom is -0.255 e. The van der Waals surface area contributed by atoms with E-state index in [9.17, 15) is 8.42 Å². The van der Waals surface area contributed by atoms with Crippen LogP contribution in [0.15, 0.2) is 41.3 Å². The zero-order valence-corrected chi connectivity index (χ0v) is 13.1. The van der Waals surface area contributed by atoms with Gasteiger partial charge in [0.15, 0.2) is 0 Å². The summed E-state index contributed by atoms with van der Waals surface area (Å²) >= 11 is 0. The Hall–Kier alpha value is -1.13. The summed E-state index contributed by atoms with van der Waals surface area (Å²) < 4.78 is 30.1. The van der Waals surface area contributed by atoms with Gasteiger partial charge < -0.3 is 0 Å². The highest BCUT2D eigenvalue weighted by atomic mass is 32.2. The first-order chi connectivity index (χ1) is 9.39. The van der Waals surface area contributed by atoms with Gasteiger partial charge in [0.1, 0.15) is 5.60 Å². The lowest BCUT2D eigenvalue weighted by molar-refractivity contribution is 0.221. The molecule has 0 heterocycles. The lowest BCUT2D eigenvalue weighted by Gasteiger charge is -2.14. The van der Waals surface area contributed by atoms with Crippen molar-refractivity contribution in [1.82, 2.24) is 0 Å². The molecule has 0 radical (unpaired) electrons. The van der Waals surface area contributed by atoms with Gasteiger partial charge in [-0.15, -0.1) is 0 Å². The lowest BCUT2D eigenvalue weighted by Crippen LogP contribution is -2.20. The molecule has 0 aromatic heterocycles. The molecule has 1 fully saturated rings. The Morgan fingerprint density at radius 2 is 1.95 bits per heavy atom. The van der Waals surface area contributed by atoms with E-state index in [4.69, 9.17) is 4.18 Å². The predicted octanol–water partition coefficient (Wildman–Crippen LogP) is 3.84. The maximum atomic E-state index is 12.3. The third kappa shape index (κ3) is 3.30. The van der Waals surface area contributed by atoms with Crippen LogP contribution in [0.25, 0.3) is 0 Å². The molecule has 110 valence electrons. The van der Waals surface area contributed by atoms with Gasteiger partial charge in [-0.25, -0.2) is 0 Å². The number of hydrogen-bond acceptors (Lipinski definition) is 3. The van der Waals surface area contributed by atoms with Crippen LogP contribution in [0.3, 0.4) is 0 Å². The van der Waals surface area contributed by atoms with E-state index in [1.54, 1.807) is 24.3 Å². The van der Waals surface area contributed by atoms with Crippen LogP contribution in [0.2, 0.25) is 0 Å². The molecule has 0 saturated heterocycles. The molecule has 4 heteroatoms. The highest BCUT2D eigenvalue weighted by Gasteiger charge is 2.53. The molecule has 3 nitrogen and oxygen atoms in total. The highest BCUT2D eigenvalue weighted by Crippen LogP contribution is 2.49. The average molecular weight is 294 g/mol. The average Bonchev–Trinajstić information content (AvgIpc) is 2.99. The molecule has 0 N–H and O–H groups in total. The fourth-order valence-electron chi connectivity index (χ4n) is 2.20. The smallest absolute Gasteiger partial charge is 0.255 e. The van der Waals surface area contributed by atoms with Crippen LogP contribution in [0.4, 0.5) is 0 Å². The van der Waals surface area contributed by atoms with Crippen LogP contribution < -0.4 is 0 Å². The lowest BCUT2D eigenvalue weighted by atomic mass is 10.2. The summed E-state index contributed by atoms with van der Waals surface area (Å²) in [4.78, 5) is 0.227. The normalized spacial score (nSPS) is 26.1. The van der Waals surface area contributed by atoms with Crippen molar-refractivity contribution < 1.29 is 12.6 Å². The molecule has 1 aliphatic carbocycles. The topological polar surface area (TPSA) is 43.4 Å². The third-order valence-electron chi connectivity index (χ3n) is 3.73. The SMILES string of the molecule is CCC/C=C/[C@@]1(OS(=O)(=O)c2ccc(C)cc2)C[C@@H]1C. The predicted molar refractivity (Wildman–Crippen MR) is 80.0 cm³/mol. The molecule has 2 rings (SSSR count). The minimum absolute atomic E-state index is 0.227. The van der Waals surface area contributed by atoms with Crippen molar-refractivity contribution in [3.8, 4) is 0 Å². The number of benzene rings is 1. The summed E-state index contributed by atoms with van der Waals surface area (Å²) in [7, 11) is -3.69. The summed E-state index contributed by atoms with van der Waals surface area (Å²) in [5.74, 6) is 0.246. The van der Waals surface area contributed by atoms with Crippen LogP contribution in [0.5, 0.6) is 0 Å². The van der Waals surface area contributed by atoms with Crippen molar-refractivity contribution in [3.63, 3.8) is 0 Å². The van der Waals surface area contributed by atoms with Crippen LogP contribution in [0, 0.1) is 12.8 Å². The number of unbranched alkanes of at least 4 members (excludes halogenated alkanes) is 1. The first-order valence-corrected chi connectivity index (χ1v) is 8.50. The van der Waals surface area contributed by atoms with Gasteiger partial charge in [-0.1, -0.05) is 50.1 Å². The van der Waals surface area contributed by atoms with E-state index in [-0.39, 0.29) is 10.8 Å². The Balaban J connectivity index is 2.17. The summed E-state index contributed by atoms with van der Waals surface area (Å²) in [5.41, 5.74) is 0.403. The molecule has 0 amide bonds. The highest BCUT2D eigenvalue weighted by molar-refractivity contribution is 7.86. The van der Waals surface area contributed by atoms with E-state index in [1.165, 1.54) is 0 Å². The monoisotopic (exact) mass is 294 g/mol. The Labute approximate surface area is 121 Å². The quantitative estimate of drug-likeness (QED) is 0.591. The molecule has 2 atom stereocenters. The largest absolute Gasteiger partial charge is 0.297 e. The van der Waals surface area contributed by atoms with Crippen molar-refractivity contribution in [2.24, 2.45) is 5.92 Å². The maximum Gasteiger partial charge on any atom is 0.297 e. The molecule has 1 aromatic carbocycles. The van der Waals surface area contributed by atoms with Crippen molar-refractivity contribution in [3.05, 3.63) is 42.0 Å². The second-order valence-corrected chi connectivity index (χ2v) is 7.15. The number of hydrogen-bond donors (Lipinski definition) is 0. The first kappa shape index (κ1) is 15.3. The Bertz CT molecular complexity index is 587. The van der Waals surface area contributed by atoms with Crippen LogP contribution in [-0.2, 0) is 14.3 Å². The van der Waals surface area contributed by atoms with Gasteiger partial charge in [-0.05, 0) is 37.8 Å². The fourth-order valence-corrected chi connectivity index (χ4v) is 3.46. The van der Waals surface area contributed by atoms with E-state index in [2.05, 4.69) is 6.92 Å². The van der Waals surface area contributed by atoms with Crippen molar-refractivity contribution >= 4 is 10.1 Å². The van der Waals surface area contributed by atoms with E-state index in [0.717, 1.165) is 24.8 Å². The Morgan fingerprint density at radius 1 is 1.35 bits per heavy atom. The van der Waals surface area contributed by atoms with Gasteiger partial charge >= 0.3 is 0 Å². The van der Waals surface area contributed by atoms with Gasteiger partial charge in [-0.2, -0.15) is 8.42 Å². The van der Waals surface area contributed by atoms with E-state index < -0.39 is 15.7 Å². The molecular weight excluding hydrogens is 272 g/mol. The van der Waals surface area contributed by atoms with Crippen molar-refractivity contribution in [1.29, 1.82) is 0 Å². The van der Waals surface area contributed by atoms with Gasteiger partial charge in [0.25, 0.3) is 10.1 Å². The summed E-state index contributed by atoms with van der Waals surface area (Å²) in [6, 6.07) is 6.76. The van der Waals surface area contributed by atoms with Crippen molar-refractivity contribution in [2.45, 2.75) is 50.5 Å². The van der Waals surface area contributed by atoms with Gasteiger partial charge in [0, 0.05) is 0 Å². The molecule has 0 aliphatic heterocycles. The zero-order valence-electron chi connectivity index (χ0n) is 12.3. The zero-order chi connectivity index (χ0) is 14.8. The molecule has 1 aliphatic rings. The summed E-state index contributed by atoms with van der Waals surface area (Å²) in [6.07, 6.45) is 6.70. The van der Waals surface area contributed by atoms with Gasteiger partial charge in [-0.3, -0.25) is 4.18 Å². The molecular formula is C16H22O3S. The number of aryl methyl sites for hydroxylation is 1. The molecule has 1 aromatic rings. The Kier molecular flexibility index (Phi) is 4.35. The molecule has 1 saturated carbocycles. The fraction of sp³-hybridized carbons (Fsp3) is 0.500. The summed E-state index contributed by atoms with van der Waals surface area (Å²) in [5, 5.41) is 0. The number of rotatable bonds is 6. The third-order valence-corrected chi connectivity index (χ3v) is 5.11.